The minimum absolute atomic E-state index is 0.0331. The number of hydrogen-bond donors (Lipinski definition) is 0. The SMILES string of the molecule is CC(Sc1ccc(Cl)cc1)C(=O)N1CCSCC1. The lowest BCUT2D eigenvalue weighted by Crippen LogP contribution is -2.41. The van der Waals surface area contributed by atoms with Gasteiger partial charge < -0.3 is 4.90 Å². The average Bonchev–Trinajstić information content (AvgIpc) is 2.41. The molecule has 98 valence electrons. The fraction of sp³-hybridized carbons (Fsp3) is 0.462. The molecule has 0 bridgehead atoms. The smallest absolute Gasteiger partial charge is 0.235 e. The van der Waals surface area contributed by atoms with Crippen molar-refractivity contribution in [3.05, 3.63) is 29.3 Å². The molecule has 1 fully saturated rings. The lowest BCUT2D eigenvalue weighted by molar-refractivity contribution is -0.129. The van der Waals surface area contributed by atoms with Crippen LogP contribution in [0, 0.1) is 0 Å². The molecule has 1 aliphatic rings. The second-order valence-electron chi connectivity index (χ2n) is 4.15. The van der Waals surface area contributed by atoms with Crippen molar-refractivity contribution in [3.8, 4) is 0 Å². The molecule has 0 saturated carbocycles. The van der Waals surface area contributed by atoms with E-state index in [4.69, 9.17) is 11.6 Å². The van der Waals surface area contributed by atoms with E-state index < -0.39 is 0 Å². The molecule has 2 rings (SSSR count). The van der Waals surface area contributed by atoms with Gasteiger partial charge in [-0.15, -0.1) is 11.8 Å². The molecule has 1 heterocycles. The van der Waals surface area contributed by atoms with E-state index in [0.29, 0.717) is 0 Å². The molecule has 2 nitrogen and oxygen atoms in total. The van der Waals surface area contributed by atoms with Gasteiger partial charge in [0, 0.05) is 34.5 Å². The molecule has 1 aromatic carbocycles. The number of hydrogen-bond acceptors (Lipinski definition) is 3. The van der Waals surface area contributed by atoms with Crippen molar-refractivity contribution in [1.29, 1.82) is 0 Å². The minimum atomic E-state index is -0.0331. The Bertz CT molecular complexity index is 404. The number of nitrogens with zero attached hydrogens (tertiary/aromatic N) is 1. The largest absolute Gasteiger partial charge is 0.340 e. The van der Waals surface area contributed by atoms with Crippen molar-refractivity contribution in [1.82, 2.24) is 4.90 Å². The molecule has 1 unspecified atom stereocenters. The molecular formula is C13H16ClNOS2. The van der Waals surface area contributed by atoms with Gasteiger partial charge in [0.25, 0.3) is 0 Å². The van der Waals surface area contributed by atoms with Gasteiger partial charge in [0.2, 0.25) is 5.91 Å². The Morgan fingerprint density at radius 2 is 1.94 bits per heavy atom. The maximum Gasteiger partial charge on any atom is 0.235 e. The van der Waals surface area contributed by atoms with Crippen LogP contribution in [0.15, 0.2) is 29.2 Å². The van der Waals surface area contributed by atoms with Crippen LogP contribution in [0.2, 0.25) is 5.02 Å². The zero-order valence-corrected chi connectivity index (χ0v) is 12.7. The van der Waals surface area contributed by atoms with Crippen molar-refractivity contribution < 1.29 is 4.79 Å². The van der Waals surface area contributed by atoms with Crippen LogP contribution in [0.4, 0.5) is 0 Å². The fourth-order valence-electron chi connectivity index (χ4n) is 1.81. The van der Waals surface area contributed by atoms with Crippen LogP contribution in [0.25, 0.3) is 0 Å². The summed E-state index contributed by atoms with van der Waals surface area (Å²) in [6.07, 6.45) is 0. The van der Waals surface area contributed by atoms with Gasteiger partial charge in [-0.2, -0.15) is 11.8 Å². The first-order chi connectivity index (χ1) is 8.66. The predicted octanol–water partition coefficient (Wildman–Crippen LogP) is 3.40. The van der Waals surface area contributed by atoms with E-state index in [1.807, 2.05) is 47.9 Å². The predicted molar refractivity (Wildman–Crippen MR) is 80.7 cm³/mol. The third-order valence-electron chi connectivity index (χ3n) is 2.80. The number of thioether (sulfide) groups is 2. The summed E-state index contributed by atoms with van der Waals surface area (Å²) in [5.41, 5.74) is 0. The first-order valence-corrected chi connectivity index (χ1v) is 8.37. The maximum atomic E-state index is 12.2. The number of halogens is 1. The summed E-state index contributed by atoms with van der Waals surface area (Å²) in [6.45, 7) is 3.74. The van der Waals surface area contributed by atoms with Crippen molar-refractivity contribution in [3.63, 3.8) is 0 Å². The molecule has 1 aliphatic heterocycles. The molecule has 0 aromatic heterocycles. The Kier molecular flexibility index (Phi) is 5.27. The first-order valence-electron chi connectivity index (χ1n) is 5.95. The van der Waals surface area contributed by atoms with Crippen molar-refractivity contribution in [2.75, 3.05) is 24.6 Å². The third-order valence-corrected chi connectivity index (χ3v) is 5.09. The quantitative estimate of drug-likeness (QED) is 0.798. The summed E-state index contributed by atoms with van der Waals surface area (Å²) < 4.78 is 0. The standard InChI is InChI=1S/C13H16ClNOS2/c1-10(13(16)15-6-8-17-9-7-15)18-12-4-2-11(14)3-5-12/h2-5,10H,6-9H2,1H3. The van der Waals surface area contributed by atoms with Gasteiger partial charge in [-0.05, 0) is 31.2 Å². The molecule has 5 heteroatoms. The van der Waals surface area contributed by atoms with E-state index in [1.165, 1.54) is 0 Å². The molecule has 0 N–H and O–H groups in total. The first kappa shape index (κ1) is 14.1. The number of amides is 1. The molecule has 0 spiro atoms. The van der Waals surface area contributed by atoms with Crippen molar-refractivity contribution >= 4 is 41.0 Å². The summed E-state index contributed by atoms with van der Waals surface area (Å²) in [7, 11) is 0. The van der Waals surface area contributed by atoms with E-state index in [9.17, 15) is 4.79 Å². The van der Waals surface area contributed by atoms with E-state index in [-0.39, 0.29) is 11.2 Å². The number of rotatable bonds is 3. The minimum Gasteiger partial charge on any atom is -0.340 e. The molecule has 0 aliphatic carbocycles. The molecule has 0 radical (unpaired) electrons. The average molecular weight is 302 g/mol. The summed E-state index contributed by atoms with van der Waals surface area (Å²) in [5, 5.41) is 0.695. The van der Waals surface area contributed by atoms with Gasteiger partial charge in [-0.25, -0.2) is 0 Å². The Hall–Kier alpha value is -0.320. The normalized spacial score (nSPS) is 17.6. The molecule has 18 heavy (non-hydrogen) atoms. The van der Waals surface area contributed by atoms with Crippen LogP contribution in [0.5, 0.6) is 0 Å². The van der Waals surface area contributed by atoms with E-state index >= 15 is 0 Å². The zero-order chi connectivity index (χ0) is 13.0. The highest BCUT2D eigenvalue weighted by Crippen LogP contribution is 2.26. The molecule has 1 saturated heterocycles. The summed E-state index contributed by atoms with van der Waals surface area (Å²) in [6, 6.07) is 7.64. The lowest BCUT2D eigenvalue weighted by Gasteiger charge is -2.28. The van der Waals surface area contributed by atoms with Crippen molar-refractivity contribution in [2.45, 2.75) is 17.1 Å². The molecule has 1 aromatic rings. The highest BCUT2D eigenvalue weighted by Gasteiger charge is 2.22. The lowest BCUT2D eigenvalue weighted by atomic mass is 10.3. The van der Waals surface area contributed by atoms with Gasteiger partial charge in [0.1, 0.15) is 0 Å². The molecular weight excluding hydrogens is 286 g/mol. The van der Waals surface area contributed by atoms with Crippen LogP contribution in [-0.4, -0.2) is 40.7 Å². The van der Waals surface area contributed by atoms with Gasteiger partial charge in [-0.1, -0.05) is 11.6 Å². The topological polar surface area (TPSA) is 20.3 Å². The Morgan fingerprint density at radius 3 is 2.56 bits per heavy atom. The highest BCUT2D eigenvalue weighted by molar-refractivity contribution is 8.00. The van der Waals surface area contributed by atoms with Crippen LogP contribution in [-0.2, 0) is 4.79 Å². The van der Waals surface area contributed by atoms with Gasteiger partial charge in [0.05, 0.1) is 5.25 Å². The van der Waals surface area contributed by atoms with Crippen LogP contribution in [0.1, 0.15) is 6.92 Å². The van der Waals surface area contributed by atoms with E-state index in [0.717, 1.165) is 34.5 Å². The monoisotopic (exact) mass is 301 g/mol. The third kappa shape index (κ3) is 3.84. The zero-order valence-electron chi connectivity index (χ0n) is 10.3. The van der Waals surface area contributed by atoms with Crippen LogP contribution < -0.4 is 0 Å². The van der Waals surface area contributed by atoms with Gasteiger partial charge in [0.15, 0.2) is 0 Å². The Labute approximate surface area is 121 Å². The summed E-state index contributed by atoms with van der Waals surface area (Å²) in [4.78, 5) is 15.3. The van der Waals surface area contributed by atoms with E-state index in [2.05, 4.69) is 0 Å². The van der Waals surface area contributed by atoms with Crippen LogP contribution in [0.3, 0.4) is 0 Å². The Morgan fingerprint density at radius 1 is 1.33 bits per heavy atom. The molecule has 1 amide bonds. The maximum absolute atomic E-state index is 12.2. The van der Waals surface area contributed by atoms with Gasteiger partial charge >= 0.3 is 0 Å². The Balaban J connectivity index is 1.92. The highest BCUT2D eigenvalue weighted by atomic mass is 35.5. The van der Waals surface area contributed by atoms with Gasteiger partial charge in [-0.3, -0.25) is 4.79 Å². The van der Waals surface area contributed by atoms with E-state index in [1.54, 1.807) is 11.8 Å². The number of benzene rings is 1. The summed E-state index contributed by atoms with van der Waals surface area (Å²) >= 11 is 9.36. The fourth-order valence-corrected chi connectivity index (χ4v) is 3.79. The number of carbonyl (C=O) groups excluding carboxylic acids is 1. The second-order valence-corrected chi connectivity index (χ2v) is 7.23. The number of carbonyl (C=O) groups is 1. The van der Waals surface area contributed by atoms with Crippen molar-refractivity contribution in [2.24, 2.45) is 0 Å². The molecule has 1 atom stereocenters. The van der Waals surface area contributed by atoms with Crippen LogP contribution >= 0.6 is 35.1 Å². The second kappa shape index (κ2) is 6.73. The summed E-state index contributed by atoms with van der Waals surface area (Å²) in [5.74, 6) is 2.36.